The van der Waals surface area contributed by atoms with Gasteiger partial charge in [0.2, 0.25) is 0 Å². The fourth-order valence-electron chi connectivity index (χ4n) is 2.33. The Morgan fingerprint density at radius 2 is 1.86 bits per heavy atom. The first kappa shape index (κ1) is 13.8. The lowest BCUT2D eigenvalue weighted by atomic mass is 10.1. The highest BCUT2D eigenvalue weighted by Crippen LogP contribution is 2.20. The Bertz CT molecular complexity index is 840. The van der Waals surface area contributed by atoms with E-state index in [2.05, 4.69) is 4.98 Å². The number of nitrogens with zero attached hydrogens (tertiary/aromatic N) is 2. The van der Waals surface area contributed by atoms with Crippen LogP contribution in [0.2, 0.25) is 0 Å². The summed E-state index contributed by atoms with van der Waals surface area (Å²) in [5, 5.41) is 2.00. The molecular weight excluding hydrogens is 284 g/mol. The Hall–Kier alpha value is -2.14. The van der Waals surface area contributed by atoms with Gasteiger partial charge in [-0.25, -0.2) is 13.4 Å². The van der Waals surface area contributed by atoms with Gasteiger partial charge in [-0.15, -0.1) is 0 Å². The van der Waals surface area contributed by atoms with Crippen LogP contribution in [0.1, 0.15) is 6.42 Å². The first-order valence-corrected chi connectivity index (χ1v) is 8.48. The molecule has 0 aliphatic heterocycles. The molecule has 2 aromatic carbocycles. The van der Waals surface area contributed by atoms with Crippen molar-refractivity contribution in [3.8, 4) is 0 Å². The molecule has 0 saturated carbocycles. The van der Waals surface area contributed by atoms with Crippen molar-refractivity contribution in [3.05, 3.63) is 61.2 Å². The Kier molecular flexibility index (Phi) is 3.75. The number of aryl methyl sites for hydroxylation is 1. The number of benzene rings is 2. The summed E-state index contributed by atoms with van der Waals surface area (Å²) >= 11 is 0. The van der Waals surface area contributed by atoms with Crippen LogP contribution in [-0.2, 0) is 16.4 Å². The fraction of sp³-hybridized carbons (Fsp3) is 0.188. The average molecular weight is 300 g/mol. The second-order valence-corrected chi connectivity index (χ2v) is 7.09. The van der Waals surface area contributed by atoms with E-state index in [1.807, 2.05) is 41.1 Å². The van der Waals surface area contributed by atoms with Gasteiger partial charge < -0.3 is 4.57 Å². The smallest absolute Gasteiger partial charge is 0.178 e. The summed E-state index contributed by atoms with van der Waals surface area (Å²) in [6.45, 7) is 0.660. The van der Waals surface area contributed by atoms with Crippen molar-refractivity contribution >= 4 is 20.6 Å². The Balaban J connectivity index is 1.76. The lowest BCUT2D eigenvalue weighted by Gasteiger charge is -2.06. The second-order valence-electron chi connectivity index (χ2n) is 4.98. The summed E-state index contributed by atoms with van der Waals surface area (Å²) in [5.41, 5.74) is 0. The zero-order valence-electron chi connectivity index (χ0n) is 11.5. The van der Waals surface area contributed by atoms with E-state index in [1.54, 1.807) is 24.7 Å². The SMILES string of the molecule is O=S(=O)(CCCn1ccnc1)c1ccc2ccccc2c1. The van der Waals surface area contributed by atoms with Crippen molar-refractivity contribution in [2.24, 2.45) is 0 Å². The minimum absolute atomic E-state index is 0.142. The van der Waals surface area contributed by atoms with Gasteiger partial charge in [0.1, 0.15) is 0 Å². The Labute approximate surface area is 124 Å². The van der Waals surface area contributed by atoms with Crippen molar-refractivity contribution in [1.29, 1.82) is 0 Å². The van der Waals surface area contributed by atoms with Gasteiger partial charge in [0, 0.05) is 18.9 Å². The van der Waals surface area contributed by atoms with Crippen LogP contribution in [0.25, 0.3) is 10.8 Å². The zero-order chi connectivity index (χ0) is 14.7. The quantitative estimate of drug-likeness (QED) is 0.728. The van der Waals surface area contributed by atoms with E-state index < -0.39 is 9.84 Å². The number of hydrogen-bond donors (Lipinski definition) is 0. The van der Waals surface area contributed by atoms with Crippen LogP contribution in [0.5, 0.6) is 0 Å². The van der Waals surface area contributed by atoms with Crippen molar-refractivity contribution < 1.29 is 8.42 Å². The van der Waals surface area contributed by atoms with Crippen LogP contribution in [0, 0.1) is 0 Å². The largest absolute Gasteiger partial charge is 0.337 e. The molecule has 0 aliphatic carbocycles. The summed E-state index contributed by atoms with van der Waals surface area (Å²) in [6, 6.07) is 13.1. The second kappa shape index (κ2) is 5.69. The van der Waals surface area contributed by atoms with Gasteiger partial charge >= 0.3 is 0 Å². The van der Waals surface area contributed by atoms with Gasteiger partial charge in [0.25, 0.3) is 0 Å². The maximum Gasteiger partial charge on any atom is 0.178 e. The van der Waals surface area contributed by atoms with Crippen LogP contribution in [0.3, 0.4) is 0 Å². The van der Waals surface area contributed by atoms with Crippen LogP contribution < -0.4 is 0 Å². The molecule has 5 heteroatoms. The van der Waals surface area contributed by atoms with E-state index in [0.29, 0.717) is 17.9 Å². The summed E-state index contributed by atoms with van der Waals surface area (Å²) in [5.74, 6) is 0.142. The summed E-state index contributed by atoms with van der Waals surface area (Å²) in [7, 11) is -3.24. The molecule has 0 atom stereocenters. The van der Waals surface area contributed by atoms with Crippen molar-refractivity contribution in [2.45, 2.75) is 17.9 Å². The number of imidazole rings is 1. The summed E-state index contributed by atoms with van der Waals surface area (Å²) in [6.07, 6.45) is 5.80. The highest BCUT2D eigenvalue weighted by Gasteiger charge is 2.14. The molecule has 4 nitrogen and oxygen atoms in total. The van der Waals surface area contributed by atoms with Crippen molar-refractivity contribution in [3.63, 3.8) is 0 Å². The monoisotopic (exact) mass is 300 g/mol. The van der Waals surface area contributed by atoms with E-state index in [1.165, 1.54) is 0 Å². The topological polar surface area (TPSA) is 52.0 Å². The molecule has 0 fully saturated rings. The zero-order valence-corrected chi connectivity index (χ0v) is 12.3. The third kappa shape index (κ3) is 3.13. The van der Waals surface area contributed by atoms with Gasteiger partial charge in [-0.05, 0) is 29.3 Å². The number of fused-ring (bicyclic) bond motifs is 1. The Morgan fingerprint density at radius 3 is 2.62 bits per heavy atom. The van der Waals surface area contributed by atoms with E-state index in [0.717, 1.165) is 10.8 Å². The minimum Gasteiger partial charge on any atom is -0.337 e. The molecule has 3 aromatic rings. The van der Waals surface area contributed by atoms with Crippen LogP contribution in [0.4, 0.5) is 0 Å². The number of aromatic nitrogens is 2. The van der Waals surface area contributed by atoms with E-state index >= 15 is 0 Å². The summed E-state index contributed by atoms with van der Waals surface area (Å²) < 4.78 is 26.6. The van der Waals surface area contributed by atoms with E-state index in [9.17, 15) is 8.42 Å². The molecule has 0 spiro atoms. The molecule has 3 rings (SSSR count). The third-order valence-corrected chi connectivity index (χ3v) is 5.27. The van der Waals surface area contributed by atoms with Gasteiger partial charge in [-0.1, -0.05) is 30.3 Å². The molecule has 0 amide bonds. The maximum absolute atomic E-state index is 12.4. The van der Waals surface area contributed by atoms with Gasteiger partial charge in [0.05, 0.1) is 17.0 Å². The predicted octanol–water partition coefficient (Wildman–Crippen LogP) is 2.90. The fourth-order valence-corrected chi connectivity index (χ4v) is 3.66. The molecule has 21 heavy (non-hydrogen) atoms. The predicted molar refractivity (Wildman–Crippen MR) is 82.8 cm³/mol. The number of hydrogen-bond acceptors (Lipinski definition) is 3. The molecule has 0 radical (unpaired) electrons. The molecule has 0 aliphatic rings. The molecule has 0 unspecified atom stereocenters. The molecule has 1 aromatic heterocycles. The standard InChI is InChI=1S/C16H16N2O2S/c19-21(20,11-3-9-18-10-8-17-13-18)16-7-6-14-4-1-2-5-15(14)12-16/h1-2,4-8,10,12-13H,3,9,11H2. The lowest BCUT2D eigenvalue weighted by molar-refractivity contribution is 0.586. The number of rotatable bonds is 5. The van der Waals surface area contributed by atoms with Crippen molar-refractivity contribution in [1.82, 2.24) is 9.55 Å². The average Bonchev–Trinajstić information content (AvgIpc) is 3.00. The molecule has 108 valence electrons. The lowest BCUT2D eigenvalue weighted by Crippen LogP contribution is -2.09. The van der Waals surface area contributed by atoms with Crippen molar-refractivity contribution in [2.75, 3.05) is 5.75 Å². The normalized spacial score (nSPS) is 11.8. The first-order chi connectivity index (χ1) is 10.1. The maximum atomic E-state index is 12.4. The minimum atomic E-state index is -3.24. The van der Waals surface area contributed by atoms with Crippen LogP contribution in [-0.4, -0.2) is 23.7 Å². The van der Waals surface area contributed by atoms with Gasteiger partial charge in [0.15, 0.2) is 9.84 Å². The van der Waals surface area contributed by atoms with Gasteiger partial charge in [-0.2, -0.15) is 0 Å². The molecule has 1 heterocycles. The highest BCUT2D eigenvalue weighted by molar-refractivity contribution is 7.91. The molecule has 0 bridgehead atoms. The van der Waals surface area contributed by atoms with Gasteiger partial charge in [-0.3, -0.25) is 0 Å². The van der Waals surface area contributed by atoms with E-state index in [4.69, 9.17) is 0 Å². The highest BCUT2D eigenvalue weighted by atomic mass is 32.2. The van der Waals surface area contributed by atoms with Crippen LogP contribution >= 0.6 is 0 Å². The number of sulfone groups is 1. The molecule has 0 saturated heterocycles. The Morgan fingerprint density at radius 1 is 1.05 bits per heavy atom. The summed E-state index contributed by atoms with van der Waals surface area (Å²) in [4.78, 5) is 4.34. The first-order valence-electron chi connectivity index (χ1n) is 6.82. The molecule has 0 N–H and O–H groups in total. The van der Waals surface area contributed by atoms with Crippen LogP contribution in [0.15, 0.2) is 66.1 Å². The molecular formula is C16H16N2O2S. The van der Waals surface area contributed by atoms with E-state index in [-0.39, 0.29) is 5.75 Å². The third-order valence-electron chi connectivity index (χ3n) is 3.47.